The van der Waals surface area contributed by atoms with Gasteiger partial charge in [-0.2, -0.15) is 0 Å². The summed E-state index contributed by atoms with van der Waals surface area (Å²) in [5.74, 6) is -0.196. The van der Waals surface area contributed by atoms with Crippen molar-refractivity contribution in [1.82, 2.24) is 0 Å². The Balaban J connectivity index is 2.10. The van der Waals surface area contributed by atoms with E-state index in [0.29, 0.717) is 35.5 Å². The predicted octanol–water partition coefficient (Wildman–Crippen LogP) is 4.96. The normalized spacial score (nSPS) is 11.6. The first-order valence-corrected chi connectivity index (χ1v) is 6.95. The molecule has 0 aromatic heterocycles. The molecule has 0 spiro atoms. The summed E-state index contributed by atoms with van der Waals surface area (Å²) in [5.41, 5.74) is 2.98. The van der Waals surface area contributed by atoms with Crippen LogP contribution >= 0.6 is 0 Å². The molecule has 2 aromatic rings. The zero-order chi connectivity index (χ0) is 14.3. The molecule has 0 N–H and O–H groups in total. The topological polar surface area (TPSA) is 9.23 Å². The first-order valence-electron chi connectivity index (χ1n) is 6.95. The fourth-order valence-electron chi connectivity index (χ4n) is 2.79. The van der Waals surface area contributed by atoms with Gasteiger partial charge in [0, 0.05) is 17.2 Å². The highest BCUT2D eigenvalue weighted by Gasteiger charge is 2.31. The minimum absolute atomic E-state index is 0.278. The first kappa shape index (κ1) is 13.1. The Kier molecular flexibility index (Phi) is 3.20. The number of ether oxygens (including phenoxy) is 1. The summed E-state index contributed by atoms with van der Waals surface area (Å²) in [6.45, 7) is 4.33. The van der Waals surface area contributed by atoms with Gasteiger partial charge in [-0.1, -0.05) is 25.5 Å². The molecule has 1 nitrogen and oxygen atoms in total. The van der Waals surface area contributed by atoms with Crippen molar-refractivity contribution in [3.05, 3.63) is 41.5 Å². The maximum Gasteiger partial charge on any atom is 0.135 e. The zero-order valence-corrected chi connectivity index (χ0v) is 11.6. The lowest BCUT2D eigenvalue weighted by atomic mass is 9.78. The molecule has 0 amide bonds. The molecule has 104 valence electrons. The molecular weight excluding hydrogens is 258 g/mol. The van der Waals surface area contributed by atoms with Crippen molar-refractivity contribution < 1.29 is 13.5 Å². The minimum atomic E-state index is -0.411. The minimum Gasteiger partial charge on any atom is -0.494 e. The van der Waals surface area contributed by atoms with Gasteiger partial charge < -0.3 is 4.74 Å². The van der Waals surface area contributed by atoms with E-state index in [1.165, 1.54) is 6.07 Å². The number of aryl methyl sites for hydroxylation is 1. The van der Waals surface area contributed by atoms with E-state index in [-0.39, 0.29) is 5.82 Å². The van der Waals surface area contributed by atoms with Crippen molar-refractivity contribution in [2.24, 2.45) is 0 Å². The van der Waals surface area contributed by atoms with Crippen LogP contribution in [0.1, 0.15) is 25.8 Å². The fourth-order valence-corrected chi connectivity index (χ4v) is 2.79. The van der Waals surface area contributed by atoms with Crippen LogP contribution in [0.3, 0.4) is 0 Å². The van der Waals surface area contributed by atoms with Crippen LogP contribution < -0.4 is 4.74 Å². The lowest BCUT2D eigenvalue weighted by molar-refractivity contribution is 0.338. The molecule has 3 rings (SSSR count). The van der Waals surface area contributed by atoms with E-state index < -0.39 is 5.82 Å². The van der Waals surface area contributed by atoms with Gasteiger partial charge >= 0.3 is 0 Å². The Morgan fingerprint density at radius 1 is 1.00 bits per heavy atom. The Hall–Kier alpha value is -1.90. The molecule has 1 aliphatic rings. The summed E-state index contributed by atoms with van der Waals surface area (Å²) in [4.78, 5) is 0. The van der Waals surface area contributed by atoms with Crippen molar-refractivity contribution in [3.8, 4) is 28.0 Å². The van der Waals surface area contributed by atoms with Gasteiger partial charge in [-0.05, 0) is 36.1 Å². The summed E-state index contributed by atoms with van der Waals surface area (Å²) >= 11 is 0. The quantitative estimate of drug-likeness (QED) is 0.653. The second kappa shape index (κ2) is 4.89. The van der Waals surface area contributed by atoms with Gasteiger partial charge in [0.2, 0.25) is 0 Å². The predicted molar refractivity (Wildman–Crippen MR) is 76.0 cm³/mol. The summed E-state index contributed by atoms with van der Waals surface area (Å²) in [5, 5.41) is 0. The lowest BCUT2D eigenvalue weighted by Crippen LogP contribution is -2.08. The molecule has 0 saturated carbocycles. The van der Waals surface area contributed by atoms with E-state index in [2.05, 4.69) is 0 Å². The molecule has 0 atom stereocenters. The number of fused-ring (bicyclic) bond motifs is 4. The van der Waals surface area contributed by atoms with Gasteiger partial charge in [0.25, 0.3) is 0 Å². The number of hydrogen-bond acceptors (Lipinski definition) is 1. The molecule has 1 aliphatic carbocycles. The van der Waals surface area contributed by atoms with Gasteiger partial charge in [-0.15, -0.1) is 0 Å². The SMILES string of the molecule is CCCc1ccc2c(c1F)-c1c(F)cc(OCC)cc1-2. The van der Waals surface area contributed by atoms with E-state index in [1.807, 2.05) is 19.9 Å². The van der Waals surface area contributed by atoms with Gasteiger partial charge in [-0.3, -0.25) is 0 Å². The van der Waals surface area contributed by atoms with E-state index in [1.54, 1.807) is 12.1 Å². The van der Waals surface area contributed by atoms with Crippen molar-refractivity contribution >= 4 is 0 Å². The summed E-state index contributed by atoms with van der Waals surface area (Å²) in [6.07, 6.45) is 1.54. The first-order chi connectivity index (χ1) is 9.67. The number of halogens is 2. The molecule has 0 fully saturated rings. The van der Waals surface area contributed by atoms with Crippen LogP contribution in [0.4, 0.5) is 8.78 Å². The van der Waals surface area contributed by atoms with Crippen LogP contribution in [-0.4, -0.2) is 6.61 Å². The number of benzene rings is 2. The Morgan fingerprint density at radius 3 is 2.50 bits per heavy atom. The molecular formula is C17H16F2O. The third kappa shape index (κ3) is 1.80. The smallest absolute Gasteiger partial charge is 0.135 e. The molecule has 0 radical (unpaired) electrons. The van der Waals surface area contributed by atoms with Crippen LogP contribution in [0.5, 0.6) is 5.75 Å². The van der Waals surface area contributed by atoms with Gasteiger partial charge in [0.05, 0.1) is 6.61 Å². The molecule has 0 bridgehead atoms. The van der Waals surface area contributed by atoms with Gasteiger partial charge in [0.1, 0.15) is 17.4 Å². The number of rotatable bonds is 4. The second-order valence-electron chi connectivity index (χ2n) is 4.97. The monoisotopic (exact) mass is 274 g/mol. The molecule has 0 unspecified atom stereocenters. The maximum absolute atomic E-state index is 14.4. The van der Waals surface area contributed by atoms with Crippen molar-refractivity contribution in [1.29, 1.82) is 0 Å². The molecule has 2 aromatic carbocycles. The summed E-state index contributed by atoms with van der Waals surface area (Å²) < 4.78 is 33.9. The average Bonchev–Trinajstić information content (AvgIpc) is 2.39. The Morgan fingerprint density at radius 2 is 1.80 bits per heavy atom. The third-order valence-electron chi connectivity index (χ3n) is 3.66. The van der Waals surface area contributed by atoms with Gasteiger partial charge in [0.15, 0.2) is 0 Å². The largest absolute Gasteiger partial charge is 0.494 e. The summed E-state index contributed by atoms with van der Waals surface area (Å²) in [6, 6.07) is 6.78. The van der Waals surface area contributed by atoms with Crippen molar-refractivity contribution in [3.63, 3.8) is 0 Å². The highest BCUT2D eigenvalue weighted by molar-refractivity contribution is 6.03. The van der Waals surface area contributed by atoms with E-state index in [4.69, 9.17) is 4.74 Å². The molecule has 0 aliphatic heterocycles. The second-order valence-corrected chi connectivity index (χ2v) is 4.97. The van der Waals surface area contributed by atoms with Crippen LogP contribution in [0.2, 0.25) is 0 Å². The number of hydrogen-bond donors (Lipinski definition) is 0. The molecule has 0 saturated heterocycles. The zero-order valence-electron chi connectivity index (χ0n) is 11.6. The van der Waals surface area contributed by atoms with Crippen molar-refractivity contribution in [2.45, 2.75) is 26.7 Å². The van der Waals surface area contributed by atoms with Crippen LogP contribution in [0.15, 0.2) is 24.3 Å². The van der Waals surface area contributed by atoms with Crippen LogP contribution in [0, 0.1) is 11.6 Å². The Bertz CT molecular complexity index is 677. The molecule has 3 heteroatoms. The third-order valence-corrected chi connectivity index (χ3v) is 3.66. The Labute approximate surface area is 117 Å². The van der Waals surface area contributed by atoms with Gasteiger partial charge in [-0.25, -0.2) is 8.78 Å². The summed E-state index contributed by atoms with van der Waals surface area (Å²) in [7, 11) is 0. The van der Waals surface area contributed by atoms with Crippen molar-refractivity contribution in [2.75, 3.05) is 6.61 Å². The van der Waals surface area contributed by atoms with E-state index in [0.717, 1.165) is 17.5 Å². The maximum atomic E-state index is 14.4. The van der Waals surface area contributed by atoms with E-state index >= 15 is 0 Å². The molecule has 0 heterocycles. The fraction of sp³-hybridized carbons (Fsp3) is 0.294. The van der Waals surface area contributed by atoms with Crippen LogP contribution in [-0.2, 0) is 6.42 Å². The van der Waals surface area contributed by atoms with E-state index in [9.17, 15) is 8.78 Å². The highest BCUT2D eigenvalue weighted by Crippen LogP contribution is 2.51. The average molecular weight is 274 g/mol. The highest BCUT2D eigenvalue weighted by atomic mass is 19.1. The molecule has 20 heavy (non-hydrogen) atoms. The lowest BCUT2D eigenvalue weighted by Gasteiger charge is -2.26. The standard InChI is InChI=1S/C17H16F2O/c1-3-5-10-6-7-12-13-8-11(20-4-2)9-14(18)15(13)16(12)17(10)19/h6-9H,3-5H2,1-2H3. The van der Waals surface area contributed by atoms with Crippen LogP contribution in [0.25, 0.3) is 22.3 Å².